The number of morpholine rings is 1. The van der Waals surface area contributed by atoms with Gasteiger partial charge in [0, 0.05) is 19.6 Å². The number of nitrogens with one attached hydrogen (secondary N) is 1. The zero-order chi connectivity index (χ0) is 18.6. The third-order valence-corrected chi connectivity index (χ3v) is 5.86. The predicted molar refractivity (Wildman–Crippen MR) is 96.8 cm³/mol. The Kier molecular flexibility index (Phi) is 5.98. The summed E-state index contributed by atoms with van der Waals surface area (Å²) in [4.78, 5) is 2.30. The first-order valence-corrected chi connectivity index (χ1v) is 10.0. The third kappa shape index (κ3) is 4.27. The van der Waals surface area contributed by atoms with Crippen LogP contribution in [0, 0.1) is 6.92 Å². The van der Waals surface area contributed by atoms with Crippen LogP contribution in [0.5, 0.6) is 5.75 Å². The van der Waals surface area contributed by atoms with Gasteiger partial charge in [0.1, 0.15) is 22.2 Å². The van der Waals surface area contributed by atoms with Crippen molar-refractivity contribution in [2.45, 2.75) is 17.9 Å². The summed E-state index contributed by atoms with van der Waals surface area (Å²) in [7, 11) is -2.26. The molecule has 0 spiro atoms. The molecule has 1 saturated heterocycles. The Morgan fingerprint density at radius 1 is 1.19 bits per heavy atom. The van der Waals surface area contributed by atoms with Gasteiger partial charge in [-0.25, -0.2) is 13.1 Å². The molecule has 1 fully saturated rings. The maximum Gasteiger partial charge on any atom is 0.244 e. The molecule has 26 heavy (non-hydrogen) atoms. The molecule has 0 aliphatic carbocycles. The highest BCUT2D eigenvalue weighted by molar-refractivity contribution is 7.89. The number of nitrogens with zero attached hydrogens (tertiary/aromatic N) is 1. The van der Waals surface area contributed by atoms with Gasteiger partial charge in [-0.1, -0.05) is 12.1 Å². The minimum absolute atomic E-state index is 0.124. The Balaban J connectivity index is 1.80. The number of hydrogen-bond acceptors (Lipinski definition) is 6. The van der Waals surface area contributed by atoms with Crippen LogP contribution in [0.25, 0.3) is 0 Å². The molecule has 0 saturated carbocycles. The van der Waals surface area contributed by atoms with Crippen molar-refractivity contribution >= 4 is 10.0 Å². The lowest BCUT2D eigenvalue weighted by Crippen LogP contribution is -2.43. The van der Waals surface area contributed by atoms with Gasteiger partial charge in [-0.2, -0.15) is 0 Å². The fourth-order valence-electron chi connectivity index (χ4n) is 3.04. The molecule has 1 aliphatic rings. The molecule has 1 aromatic carbocycles. The summed E-state index contributed by atoms with van der Waals surface area (Å²) >= 11 is 0. The molecule has 1 atom stereocenters. The van der Waals surface area contributed by atoms with Crippen molar-refractivity contribution in [1.29, 1.82) is 0 Å². The molecule has 1 aromatic heterocycles. The van der Waals surface area contributed by atoms with Crippen LogP contribution in [-0.4, -0.2) is 53.3 Å². The third-order valence-electron chi connectivity index (χ3n) is 4.40. The van der Waals surface area contributed by atoms with E-state index in [2.05, 4.69) is 9.62 Å². The minimum Gasteiger partial charge on any atom is -0.495 e. The minimum atomic E-state index is -3.71. The number of benzene rings is 1. The van der Waals surface area contributed by atoms with Crippen LogP contribution in [0.1, 0.15) is 17.6 Å². The van der Waals surface area contributed by atoms with Crippen molar-refractivity contribution in [1.82, 2.24) is 9.62 Å². The maximum atomic E-state index is 12.8. The van der Waals surface area contributed by atoms with Gasteiger partial charge in [-0.05, 0) is 31.2 Å². The fraction of sp³-hybridized carbons (Fsp3) is 0.444. The van der Waals surface area contributed by atoms with E-state index in [1.54, 1.807) is 18.2 Å². The van der Waals surface area contributed by atoms with E-state index in [1.165, 1.54) is 13.2 Å². The lowest BCUT2D eigenvalue weighted by molar-refractivity contribution is 0.0127. The molecule has 8 heteroatoms. The quantitative estimate of drug-likeness (QED) is 0.791. The second kappa shape index (κ2) is 8.22. The van der Waals surface area contributed by atoms with Crippen LogP contribution in [0.3, 0.4) is 0 Å². The highest BCUT2D eigenvalue weighted by Crippen LogP contribution is 2.26. The van der Waals surface area contributed by atoms with Crippen LogP contribution in [-0.2, 0) is 14.8 Å². The summed E-state index contributed by atoms with van der Waals surface area (Å²) in [6.45, 7) is 4.76. The Morgan fingerprint density at radius 3 is 2.58 bits per heavy atom. The van der Waals surface area contributed by atoms with Gasteiger partial charge < -0.3 is 13.9 Å². The Labute approximate surface area is 153 Å². The summed E-state index contributed by atoms with van der Waals surface area (Å²) < 4.78 is 44.6. The SMILES string of the molecule is COc1ccccc1S(=O)(=O)NCC(c1ccc(C)o1)N1CCOCC1. The van der Waals surface area contributed by atoms with E-state index in [-0.39, 0.29) is 17.5 Å². The van der Waals surface area contributed by atoms with Gasteiger partial charge in [-0.15, -0.1) is 0 Å². The number of sulfonamides is 1. The summed E-state index contributed by atoms with van der Waals surface area (Å²) in [5, 5.41) is 0. The topological polar surface area (TPSA) is 81.0 Å². The first kappa shape index (κ1) is 18.9. The van der Waals surface area contributed by atoms with E-state index >= 15 is 0 Å². The molecule has 2 aromatic rings. The van der Waals surface area contributed by atoms with Gasteiger partial charge in [0.05, 0.1) is 26.4 Å². The van der Waals surface area contributed by atoms with Gasteiger partial charge in [0.25, 0.3) is 0 Å². The van der Waals surface area contributed by atoms with Crippen molar-refractivity contribution < 1.29 is 22.3 Å². The Bertz CT molecular complexity index is 828. The molecular weight excluding hydrogens is 356 g/mol. The van der Waals surface area contributed by atoms with E-state index < -0.39 is 10.0 Å². The average molecular weight is 380 g/mol. The number of aryl methyl sites for hydroxylation is 1. The van der Waals surface area contributed by atoms with E-state index in [0.29, 0.717) is 19.0 Å². The van der Waals surface area contributed by atoms with E-state index in [1.807, 2.05) is 19.1 Å². The number of furan rings is 1. The maximum absolute atomic E-state index is 12.8. The zero-order valence-electron chi connectivity index (χ0n) is 15.0. The summed E-state index contributed by atoms with van der Waals surface area (Å²) in [6.07, 6.45) is 0. The second-order valence-corrected chi connectivity index (χ2v) is 7.85. The van der Waals surface area contributed by atoms with Crippen molar-refractivity contribution in [3.8, 4) is 5.75 Å². The van der Waals surface area contributed by atoms with E-state index in [9.17, 15) is 8.42 Å². The zero-order valence-corrected chi connectivity index (χ0v) is 15.8. The molecule has 7 nitrogen and oxygen atoms in total. The summed E-state index contributed by atoms with van der Waals surface area (Å²) in [5.74, 6) is 1.86. The van der Waals surface area contributed by atoms with Crippen LogP contribution in [0.4, 0.5) is 0 Å². The standard InChI is InChI=1S/C18H24N2O5S/c1-14-7-8-16(25-14)15(20-9-11-24-12-10-20)13-19-26(21,22)18-6-4-3-5-17(18)23-2/h3-8,15,19H,9-13H2,1-2H3. The summed E-state index contributed by atoms with van der Waals surface area (Å²) in [6, 6.07) is 10.2. The van der Waals surface area contributed by atoms with E-state index in [0.717, 1.165) is 24.6 Å². The van der Waals surface area contributed by atoms with Gasteiger partial charge in [0.15, 0.2) is 0 Å². The highest BCUT2D eigenvalue weighted by atomic mass is 32.2. The number of ether oxygens (including phenoxy) is 2. The van der Waals surface area contributed by atoms with Gasteiger partial charge in [0.2, 0.25) is 10.0 Å². The molecule has 0 radical (unpaired) electrons. The van der Waals surface area contributed by atoms with Gasteiger partial charge >= 0.3 is 0 Å². The molecule has 1 aliphatic heterocycles. The number of hydrogen-bond donors (Lipinski definition) is 1. The average Bonchev–Trinajstić information content (AvgIpc) is 3.08. The van der Waals surface area contributed by atoms with Crippen molar-refractivity contribution in [3.63, 3.8) is 0 Å². The lowest BCUT2D eigenvalue weighted by atomic mass is 10.2. The number of rotatable bonds is 7. The molecule has 1 unspecified atom stereocenters. The molecule has 0 bridgehead atoms. The van der Waals surface area contributed by atoms with Crippen molar-refractivity contribution in [2.75, 3.05) is 40.0 Å². The van der Waals surface area contributed by atoms with Crippen LogP contribution in [0.15, 0.2) is 45.7 Å². The Morgan fingerprint density at radius 2 is 1.92 bits per heavy atom. The largest absolute Gasteiger partial charge is 0.495 e. The second-order valence-electron chi connectivity index (χ2n) is 6.12. The fourth-order valence-corrected chi connectivity index (χ4v) is 4.25. The molecular formula is C18H24N2O5S. The molecule has 0 amide bonds. The van der Waals surface area contributed by atoms with E-state index in [4.69, 9.17) is 13.9 Å². The highest BCUT2D eigenvalue weighted by Gasteiger charge is 2.28. The molecule has 3 rings (SSSR count). The lowest BCUT2D eigenvalue weighted by Gasteiger charge is -2.33. The van der Waals surface area contributed by atoms with Crippen molar-refractivity contribution in [3.05, 3.63) is 47.9 Å². The van der Waals surface area contributed by atoms with Crippen LogP contribution in [0.2, 0.25) is 0 Å². The van der Waals surface area contributed by atoms with Crippen LogP contribution >= 0.6 is 0 Å². The first-order chi connectivity index (χ1) is 12.5. The predicted octanol–water partition coefficient (Wildman–Crippen LogP) is 1.95. The molecule has 1 N–H and O–H groups in total. The van der Waals surface area contributed by atoms with Crippen molar-refractivity contribution in [2.24, 2.45) is 0 Å². The normalized spacial score (nSPS) is 17.2. The molecule has 142 valence electrons. The smallest absolute Gasteiger partial charge is 0.244 e. The molecule has 2 heterocycles. The first-order valence-electron chi connectivity index (χ1n) is 8.52. The monoisotopic (exact) mass is 380 g/mol. The summed E-state index contributed by atoms with van der Waals surface area (Å²) in [5.41, 5.74) is 0. The number of para-hydroxylation sites is 1. The number of methoxy groups -OCH3 is 1. The van der Waals surface area contributed by atoms with Gasteiger partial charge in [-0.3, -0.25) is 4.90 Å². The Hall–Kier alpha value is -1.87. The van der Waals surface area contributed by atoms with Crippen LogP contribution < -0.4 is 9.46 Å².